The number of aryl methyl sites for hydroxylation is 2. The molecule has 1 amide bonds. The maximum absolute atomic E-state index is 12.4. The van der Waals surface area contributed by atoms with Crippen molar-refractivity contribution in [2.75, 3.05) is 19.0 Å². The molecule has 0 fully saturated rings. The van der Waals surface area contributed by atoms with Gasteiger partial charge in [-0.25, -0.2) is 9.97 Å². The summed E-state index contributed by atoms with van der Waals surface area (Å²) >= 11 is 0. The van der Waals surface area contributed by atoms with Crippen LogP contribution in [0.1, 0.15) is 28.0 Å². The van der Waals surface area contributed by atoms with E-state index in [4.69, 9.17) is 0 Å². The van der Waals surface area contributed by atoms with E-state index in [1.165, 1.54) is 4.57 Å². The Kier molecular flexibility index (Phi) is 4.33. The van der Waals surface area contributed by atoms with Gasteiger partial charge in [0.1, 0.15) is 5.56 Å². The summed E-state index contributed by atoms with van der Waals surface area (Å²) in [5, 5.41) is 2.96. The quantitative estimate of drug-likeness (QED) is 0.889. The van der Waals surface area contributed by atoms with Crippen LogP contribution in [0.15, 0.2) is 29.3 Å². The Hall–Kier alpha value is -2.70. The van der Waals surface area contributed by atoms with Gasteiger partial charge < -0.3 is 14.8 Å². The van der Waals surface area contributed by atoms with Crippen molar-refractivity contribution in [3.05, 3.63) is 51.7 Å². The number of pyridine rings is 1. The van der Waals surface area contributed by atoms with Crippen LogP contribution >= 0.6 is 0 Å². The molecule has 126 valence electrons. The molecular weight excluding hydrogens is 306 g/mol. The van der Waals surface area contributed by atoms with Crippen LogP contribution in [0.25, 0.3) is 0 Å². The van der Waals surface area contributed by atoms with Crippen molar-refractivity contribution >= 4 is 11.9 Å². The van der Waals surface area contributed by atoms with Crippen LogP contribution in [0.3, 0.4) is 0 Å². The first-order valence-electron chi connectivity index (χ1n) is 7.94. The maximum Gasteiger partial charge on any atom is 0.263 e. The average Bonchev–Trinajstić information content (AvgIpc) is 2.56. The highest BCUT2D eigenvalue weighted by Gasteiger charge is 2.23. The first-order chi connectivity index (χ1) is 11.5. The lowest BCUT2D eigenvalue weighted by Gasteiger charge is -2.25. The summed E-state index contributed by atoms with van der Waals surface area (Å²) in [6.45, 7) is 0. The zero-order valence-electron chi connectivity index (χ0n) is 14.1. The molecule has 24 heavy (non-hydrogen) atoms. The van der Waals surface area contributed by atoms with Crippen LogP contribution in [-0.4, -0.2) is 40.6 Å². The Morgan fingerprint density at radius 2 is 2.21 bits per heavy atom. The van der Waals surface area contributed by atoms with E-state index in [0.717, 1.165) is 24.1 Å². The van der Waals surface area contributed by atoms with Crippen LogP contribution in [0.4, 0.5) is 5.95 Å². The molecule has 2 heterocycles. The Balaban J connectivity index is 1.73. The standard InChI is InChI=1S/C17H21N5O2/c1-21(2)17-18-10-11-9-12(6-7-14(11)20-17)19-15(23)13-5-4-8-22(3)16(13)24/h4-5,8,10,12H,6-7,9H2,1-3H3,(H,19,23). The largest absolute Gasteiger partial charge is 0.349 e. The minimum Gasteiger partial charge on any atom is -0.349 e. The van der Waals surface area contributed by atoms with Crippen molar-refractivity contribution in [2.24, 2.45) is 7.05 Å². The molecular formula is C17H21N5O2. The fourth-order valence-corrected chi connectivity index (χ4v) is 2.87. The lowest BCUT2D eigenvalue weighted by atomic mass is 9.92. The number of nitrogens with zero attached hydrogens (tertiary/aromatic N) is 4. The van der Waals surface area contributed by atoms with E-state index in [1.807, 2.05) is 25.2 Å². The number of fused-ring (bicyclic) bond motifs is 1. The molecule has 0 saturated carbocycles. The van der Waals surface area contributed by atoms with E-state index in [1.54, 1.807) is 25.4 Å². The molecule has 0 aliphatic heterocycles. The number of hydrogen-bond acceptors (Lipinski definition) is 5. The second-order valence-corrected chi connectivity index (χ2v) is 6.29. The molecule has 1 unspecified atom stereocenters. The maximum atomic E-state index is 12.4. The Morgan fingerprint density at radius 1 is 1.42 bits per heavy atom. The number of nitrogens with one attached hydrogen (secondary N) is 1. The van der Waals surface area contributed by atoms with Crippen LogP contribution in [0.2, 0.25) is 0 Å². The highest BCUT2D eigenvalue weighted by Crippen LogP contribution is 2.21. The summed E-state index contributed by atoms with van der Waals surface area (Å²) < 4.78 is 1.40. The van der Waals surface area contributed by atoms with Crippen molar-refractivity contribution in [1.29, 1.82) is 0 Å². The first kappa shape index (κ1) is 16.2. The Morgan fingerprint density at radius 3 is 2.96 bits per heavy atom. The van der Waals surface area contributed by atoms with Crippen LogP contribution in [0.5, 0.6) is 0 Å². The second-order valence-electron chi connectivity index (χ2n) is 6.29. The summed E-state index contributed by atoms with van der Waals surface area (Å²) in [5.41, 5.74) is 1.98. The molecule has 0 aromatic carbocycles. The van der Waals surface area contributed by atoms with Crippen molar-refractivity contribution in [3.8, 4) is 0 Å². The van der Waals surface area contributed by atoms with Crippen molar-refractivity contribution in [2.45, 2.75) is 25.3 Å². The highest BCUT2D eigenvalue weighted by atomic mass is 16.2. The molecule has 0 radical (unpaired) electrons. The summed E-state index contributed by atoms with van der Waals surface area (Å²) in [6, 6.07) is 3.24. The fraction of sp³-hybridized carbons (Fsp3) is 0.412. The fourth-order valence-electron chi connectivity index (χ4n) is 2.87. The molecule has 0 bridgehead atoms. The predicted octanol–water partition coefficient (Wildman–Crippen LogP) is 0.529. The van der Waals surface area contributed by atoms with Gasteiger partial charge in [0.25, 0.3) is 11.5 Å². The van der Waals surface area contributed by atoms with Gasteiger partial charge in [0.15, 0.2) is 0 Å². The Bertz CT molecular complexity index is 828. The normalized spacial score (nSPS) is 16.4. The highest BCUT2D eigenvalue weighted by molar-refractivity contribution is 5.94. The zero-order chi connectivity index (χ0) is 17.3. The lowest BCUT2D eigenvalue weighted by Crippen LogP contribution is -2.41. The lowest BCUT2D eigenvalue weighted by molar-refractivity contribution is 0.0931. The van der Waals surface area contributed by atoms with Gasteiger partial charge in [-0.15, -0.1) is 0 Å². The van der Waals surface area contributed by atoms with Crippen LogP contribution < -0.4 is 15.8 Å². The minimum atomic E-state index is -0.324. The molecule has 1 aliphatic carbocycles. The molecule has 0 saturated heterocycles. The molecule has 1 atom stereocenters. The van der Waals surface area contributed by atoms with Crippen LogP contribution in [0, 0.1) is 0 Å². The Labute approximate surface area is 140 Å². The zero-order valence-corrected chi connectivity index (χ0v) is 14.1. The first-order valence-corrected chi connectivity index (χ1v) is 7.94. The van der Waals surface area contributed by atoms with Gasteiger partial charge in [-0.1, -0.05) is 0 Å². The third-order valence-electron chi connectivity index (χ3n) is 4.24. The van der Waals surface area contributed by atoms with E-state index >= 15 is 0 Å². The second kappa shape index (κ2) is 6.43. The number of aromatic nitrogens is 3. The van der Waals surface area contributed by atoms with Gasteiger partial charge >= 0.3 is 0 Å². The molecule has 3 rings (SSSR count). The summed E-state index contributed by atoms with van der Waals surface area (Å²) in [4.78, 5) is 35.2. The van der Waals surface area contributed by atoms with Gasteiger partial charge in [-0.3, -0.25) is 9.59 Å². The number of amides is 1. The van der Waals surface area contributed by atoms with Crippen LogP contribution in [-0.2, 0) is 19.9 Å². The van der Waals surface area contributed by atoms with Gasteiger partial charge in [-0.05, 0) is 37.0 Å². The third-order valence-corrected chi connectivity index (χ3v) is 4.24. The monoisotopic (exact) mass is 327 g/mol. The minimum absolute atomic E-state index is 0.0104. The molecule has 7 nitrogen and oxygen atoms in total. The number of anilines is 1. The van der Waals surface area contributed by atoms with E-state index in [9.17, 15) is 9.59 Å². The smallest absolute Gasteiger partial charge is 0.263 e. The molecule has 0 spiro atoms. The van der Waals surface area contributed by atoms with E-state index in [-0.39, 0.29) is 23.1 Å². The van der Waals surface area contributed by atoms with Crippen molar-refractivity contribution in [3.63, 3.8) is 0 Å². The van der Waals surface area contributed by atoms with E-state index in [2.05, 4.69) is 15.3 Å². The summed E-state index contributed by atoms with van der Waals surface area (Å²) in [5.74, 6) is 0.375. The van der Waals surface area contributed by atoms with E-state index < -0.39 is 0 Å². The van der Waals surface area contributed by atoms with Gasteiger partial charge in [-0.2, -0.15) is 0 Å². The van der Waals surface area contributed by atoms with E-state index in [0.29, 0.717) is 12.4 Å². The number of rotatable bonds is 3. The summed E-state index contributed by atoms with van der Waals surface area (Å²) in [6.07, 6.45) is 5.74. The number of carbonyl (C=O) groups is 1. The van der Waals surface area contributed by atoms with Gasteiger partial charge in [0.2, 0.25) is 5.95 Å². The molecule has 1 N–H and O–H groups in total. The predicted molar refractivity (Wildman–Crippen MR) is 91.3 cm³/mol. The molecule has 7 heteroatoms. The third kappa shape index (κ3) is 3.15. The van der Waals surface area contributed by atoms with Gasteiger partial charge in [0, 0.05) is 45.3 Å². The molecule has 2 aromatic heterocycles. The van der Waals surface area contributed by atoms with Crippen molar-refractivity contribution in [1.82, 2.24) is 19.9 Å². The van der Waals surface area contributed by atoms with Gasteiger partial charge in [0.05, 0.1) is 0 Å². The molecule has 1 aliphatic rings. The summed E-state index contributed by atoms with van der Waals surface area (Å²) in [7, 11) is 5.46. The topological polar surface area (TPSA) is 80.1 Å². The van der Waals surface area contributed by atoms with Crippen molar-refractivity contribution < 1.29 is 4.79 Å². The SMILES string of the molecule is CN(C)c1ncc2c(n1)CCC(NC(=O)c1cccn(C)c1=O)C2. The number of hydrogen-bond donors (Lipinski definition) is 1. The molecule has 2 aromatic rings. The number of carbonyl (C=O) groups excluding carboxylic acids is 1. The average molecular weight is 327 g/mol.